The van der Waals surface area contributed by atoms with Gasteiger partial charge in [0.1, 0.15) is 5.69 Å². The summed E-state index contributed by atoms with van der Waals surface area (Å²) in [5.74, 6) is -0.541. The molecule has 0 radical (unpaired) electrons. The van der Waals surface area contributed by atoms with E-state index in [-0.39, 0.29) is 23.0 Å². The predicted molar refractivity (Wildman–Crippen MR) is 74.0 cm³/mol. The number of carbonyl (C=O) groups is 1. The van der Waals surface area contributed by atoms with Crippen LogP contribution in [0.4, 0.5) is 11.4 Å². The molecular formula is C13H18N2O5. The number of hydrogen-bond acceptors (Lipinski definition) is 6. The van der Waals surface area contributed by atoms with Crippen LogP contribution in [0.25, 0.3) is 0 Å². The van der Waals surface area contributed by atoms with E-state index in [1.54, 1.807) is 0 Å². The topological polar surface area (TPSA) is 90.7 Å². The number of methoxy groups -OCH3 is 1. The molecule has 0 aliphatic heterocycles. The van der Waals surface area contributed by atoms with E-state index in [4.69, 9.17) is 4.74 Å². The number of nitrogens with zero attached hydrogens (tertiary/aromatic N) is 1. The van der Waals surface area contributed by atoms with Gasteiger partial charge in [0.05, 0.1) is 23.7 Å². The highest BCUT2D eigenvalue weighted by Gasteiger charge is 2.17. The molecule has 7 nitrogen and oxygen atoms in total. The summed E-state index contributed by atoms with van der Waals surface area (Å²) in [6.07, 6.45) is -0.0959. The largest absolute Gasteiger partial charge is 0.465 e. The van der Waals surface area contributed by atoms with Gasteiger partial charge in [-0.25, -0.2) is 4.79 Å². The third-order valence-corrected chi connectivity index (χ3v) is 2.65. The van der Waals surface area contributed by atoms with Crippen molar-refractivity contribution in [3.8, 4) is 0 Å². The minimum Gasteiger partial charge on any atom is -0.465 e. The Balaban J connectivity index is 2.94. The van der Waals surface area contributed by atoms with Crippen LogP contribution in [-0.4, -0.2) is 37.3 Å². The molecule has 0 spiro atoms. The van der Waals surface area contributed by atoms with Crippen LogP contribution in [0.15, 0.2) is 18.2 Å². The van der Waals surface area contributed by atoms with Crippen molar-refractivity contribution >= 4 is 17.3 Å². The van der Waals surface area contributed by atoms with Gasteiger partial charge in [0.15, 0.2) is 0 Å². The highest BCUT2D eigenvalue weighted by atomic mass is 16.6. The van der Waals surface area contributed by atoms with Crippen molar-refractivity contribution in [3.63, 3.8) is 0 Å². The second-order valence-corrected chi connectivity index (χ2v) is 4.13. The van der Waals surface area contributed by atoms with Crippen LogP contribution in [0.2, 0.25) is 0 Å². The number of nitro groups is 1. The zero-order chi connectivity index (χ0) is 15.1. The molecule has 0 amide bonds. The molecule has 0 saturated heterocycles. The fourth-order valence-corrected chi connectivity index (χ4v) is 1.68. The normalized spacial score (nSPS) is 11.8. The first-order chi connectivity index (χ1) is 9.49. The van der Waals surface area contributed by atoms with Crippen LogP contribution in [0.3, 0.4) is 0 Å². The molecular weight excluding hydrogens is 264 g/mol. The summed E-state index contributed by atoms with van der Waals surface area (Å²) in [4.78, 5) is 21.9. The van der Waals surface area contributed by atoms with Crippen LogP contribution in [-0.2, 0) is 9.47 Å². The third kappa shape index (κ3) is 4.20. The third-order valence-electron chi connectivity index (χ3n) is 2.65. The highest BCUT2D eigenvalue weighted by Crippen LogP contribution is 2.25. The van der Waals surface area contributed by atoms with Crippen molar-refractivity contribution in [2.75, 3.05) is 25.6 Å². The molecule has 0 saturated carbocycles. The molecule has 1 rings (SSSR count). The maximum absolute atomic E-state index is 11.4. The average molecular weight is 282 g/mol. The Morgan fingerprint density at radius 2 is 2.20 bits per heavy atom. The van der Waals surface area contributed by atoms with E-state index in [2.05, 4.69) is 10.1 Å². The van der Waals surface area contributed by atoms with Crippen molar-refractivity contribution in [3.05, 3.63) is 33.9 Å². The van der Waals surface area contributed by atoms with E-state index >= 15 is 0 Å². The van der Waals surface area contributed by atoms with Crippen molar-refractivity contribution < 1.29 is 19.2 Å². The minimum absolute atomic E-state index is 0.0959. The number of rotatable bonds is 7. The second kappa shape index (κ2) is 7.44. The van der Waals surface area contributed by atoms with Crippen LogP contribution in [0.5, 0.6) is 0 Å². The van der Waals surface area contributed by atoms with Gasteiger partial charge < -0.3 is 14.8 Å². The number of anilines is 1. The van der Waals surface area contributed by atoms with E-state index in [0.717, 1.165) is 0 Å². The standard InChI is InChI=1S/C13H18N2O5/c1-4-20-9(2)8-14-11-7-10(13(16)19-3)5-6-12(11)15(17)18/h5-7,9,14H,4,8H2,1-3H3. The molecule has 0 aliphatic carbocycles. The Morgan fingerprint density at radius 3 is 2.75 bits per heavy atom. The number of ether oxygens (including phenoxy) is 2. The molecule has 0 heterocycles. The monoisotopic (exact) mass is 282 g/mol. The van der Waals surface area contributed by atoms with Gasteiger partial charge in [-0.05, 0) is 26.0 Å². The SMILES string of the molecule is CCOC(C)CNc1cc(C(=O)OC)ccc1[N+](=O)[O-]. The van der Waals surface area contributed by atoms with Gasteiger partial charge in [-0.3, -0.25) is 10.1 Å². The number of carbonyl (C=O) groups excluding carboxylic acids is 1. The Morgan fingerprint density at radius 1 is 1.50 bits per heavy atom. The zero-order valence-corrected chi connectivity index (χ0v) is 11.7. The van der Waals surface area contributed by atoms with E-state index in [9.17, 15) is 14.9 Å². The first-order valence-corrected chi connectivity index (χ1v) is 6.21. The average Bonchev–Trinajstić information content (AvgIpc) is 2.44. The molecule has 20 heavy (non-hydrogen) atoms. The summed E-state index contributed by atoms with van der Waals surface area (Å²) < 4.78 is 9.93. The quantitative estimate of drug-likeness (QED) is 0.468. The molecule has 1 N–H and O–H groups in total. The minimum atomic E-state index is -0.541. The number of esters is 1. The van der Waals surface area contributed by atoms with Gasteiger partial charge in [0.25, 0.3) is 5.69 Å². The van der Waals surface area contributed by atoms with Gasteiger partial charge in [0, 0.05) is 19.2 Å². The second-order valence-electron chi connectivity index (χ2n) is 4.13. The summed E-state index contributed by atoms with van der Waals surface area (Å²) in [6.45, 7) is 4.69. The molecule has 1 aromatic rings. The molecule has 7 heteroatoms. The van der Waals surface area contributed by atoms with Crippen molar-refractivity contribution in [1.82, 2.24) is 0 Å². The van der Waals surface area contributed by atoms with Gasteiger partial charge in [-0.1, -0.05) is 0 Å². The lowest BCUT2D eigenvalue weighted by Gasteiger charge is -2.14. The first-order valence-electron chi connectivity index (χ1n) is 6.21. The van der Waals surface area contributed by atoms with Crippen LogP contribution < -0.4 is 5.32 Å². The smallest absolute Gasteiger partial charge is 0.337 e. The lowest BCUT2D eigenvalue weighted by atomic mass is 10.1. The van der Waals surface area contributed by atoms with E-state index in [0.29, 0.717) is 13.2 Å². The maximum Gasteiger partial charge on any atom is 0.337 e. The van der Waals surface area contributed by atoms with Crippen LogP contribution in [0, 0.1) is 10.1 Å². The van der Waals surface area contributed by atoms with Gasteiger partial charge in [-0.2, -0.15) is 0 Å². The fourth-order valence-electron chi connectivity index (χ4n) is 1.68. The van der Waals surface area contributed by atoms with Crippen LogP contribution in [0.1, 0.15) is 24.2 Å². The Kier molecular flexibility index (Phi) is 5.92. The van der Waals surface area contributed by atoms with Gasteiger partial charge >= 0.3 is 5.97 Å². The lowest BCUT2D eigenvalue weighted by Crippen LogP contribution is -2.20. The summed E-state index contributed by atoms with van der Waals surface area (Å²) in [5, 5.41) is 13.9. The molecule has 1 unspecified atom stereocenters. The van der Waals surface area contributed by atoms with Crippen LogP contribution >= 0.6 is 0 Å². The maximum atomic E-state index is 11.4. The number of hydrogen-bond donors (Lipinski definition) is 1. The number of nitro benzene ring substituents is 1. The predicted octanol–water partition coefficient (Wildman–Crippen LogP) is 2.22. The Hall–Kier alpha value is -2.15. The lowest BCUT2D eigenvalue weighted by molar-refractivity contribution is -0.384. The van der Waals surface area contributed by atoms with Gasteiger partial charge in [0.2, 0.25) is 0 Å². The van der Waals surface area contributed by atoms with E-state index < -0.39 is 10.9 Å². The molecule has 0 aromatic heterocycles. The summed E-state index contributed by atoms with van der Waals surface area (Å²) >= 11 is 0. The van der Waals surface area contributed by atoms with Crippen molar-refractivity contribution in [2.45, 2.75) is 20.0 Å². The molecule has 1 aromatic carbocycles. The summed E-state index contributed by atoms with van der Waals surface area (Å²) in [7, 11) is 1.26. The van der Waals surface area contributed by atoms with Gasteiger partial charge in [-0.15, -0.1) is 0 Å². The Labute approximate surface area is 117 Å². The zero-order valence-electron chi connectivity index (χ0n) is 11.7. The summed E-state index contributed by atoms with van der Waals surface area (Å²) in [5.41, 5.74) is 0.426. The highest BCUT2D eigenvalue weighted by molar-refractivity contribution is 5.91. The number of nitrogens with one attached hydrogen (secondary N) is 1. The molecule has 0 bridgehead atoms. The molecule has 0 fully saturated rings. The molecule has 110 valence electrons. The Bertz CT molecular complexity index is 490. The fraction of sp³-hybridized carbons (Fsp3) is 0.462. The van der Waals surface area contributed by atoms with Crippen molar-refractivity contribution in [2.24, 2.45) is 0 Å². The number of benzene rings is 1. The first kappa shape index (κ1) is 15.9. The van der Waals surface area contributed by atoms with Crippen molar-refractivity contribution in [1.29, 1.82) is 0 Å². The molecule has 1 atom stereocenters. The summed E-state index contributed by atoms with van der Waals surface area (Å²) in [6, 6.07) is 4.05. The van der Waals surface area contributed by atoms with E-state index in [1.165, 1.54) is 25.3 Å². The van der Waals surface area contributed by atoms with E-state index in [1.807, 2.05) is 13.8 Å². The molecule has 0 aliphatic rings.